The molecule has 2 aromatic heterocycles. The van der Waals surface area contributed by atoms with Crippen molar-refractivity contribution in [1.29, 1.82) is 0 Å². The minimum atomic E-state index is -0.520. The summed E-state index contributed by atoms with van der Waals surface area (Å²) < 4.78 is 20.1. The Bertz CT molecular complexity index is 1070. The van der Waals surface area contributed by atoms with Gasteiger partial charge in [0.2, 0.25) is 0 Å². The van der Waals surface area contributed by atoms with Crippen molar-refractivity contribution in [2.24, 2.45) is 0 Å². The first-order valence-corrected chi connectivity index (χ1v) is 10.8. The maximum atomic E-state index is 14.7. The number of aromatic nitrogens is 3. The van der Waals surface area contributed by atoms with E-state index in [2.05, 4.69) is 32.4 Å². The number of hydrogen-bond donors (Lipinski definition) is 2. The van der Waals surface area contributed by atoms with Gasteiger partial charge in [0.15, 0.2) is 17.5 Å². The van der Waals surface area contributed by atoms with Gasteiger partial charge in [-0.25, -0.2) is 9.37 Å². The Hall–Kier alpha value is -3.00. The predicted molar refractivity (Wildman–Crippen MR) is 115 cm³/mol. The number of anilines is 1. The summed E-state index contributed by atoms with van der Waals surface area (Å²) in [5.74, 6) is 0.871. The Labute approximate surface area is 180 Å². The van der Waals surface area contributed by atoms with Gasteiger partial charge in [0.1, 0.15) is 11.6 Å². The first-order valence-electron chi connectivity index (χ1n) is 10.8. The zero-order chi connectivity index (χ0) is 21.5. The first kappa shape index (κ1) is 19.9. The van der Waals surface area contributed by atoms with E-state index in [1.165, 1.54) is 37.6 Å². The Morgan fingerprint density at radius 3 is 2.55 bits per heavy atom. The summed E-state index contributed by atoms with van der Waals surface area (Å²) in [6.07, 6.45) is 7.42. The molecule has 4 heterocycles. The Kier molecular flexibility index (Phi) is 5.09. The maximum Gasteiger partial charge on any atom is 0.191 e. The average Bonchev–Trinajstić information content (AvgIpc) is 3.20. The fourth-order valence-corrected chi connectivity index (χ4v) is 4.84. The van der Waals surface area contributed by atoms with Crippen molar-refractivity contribution in [2.45, 2.75) is 57.2 Å². The summed E-state index contributed by atoms with van der Waals surface area (Å²) in [5.41, 5.74) is 0.856. The van der Waals surface area contributed by atoms with Crippen LogP contribution < -0.4 is 10.2 Å². The van der Waals surface area contributed by atoms with Crippen molar-refractivity contribution in [3.8, 4) is 28.3 Å². The minimum absolute atomic E-state index is 0.0907. The van der Waals surface area contributed by atoms with E-state index < -0.39 is 5.82 Å². The second-order valence-corrected chi connectivity index (χ2v) is 8.60. The monoisotopic (exact) mass is 423 g/mol. The van der Waals surface area contributed by atoms with Crippen LogP contribution in [0.15, 0.2) is 34.9 Å². The van der Waals surface area contributed by atoms with Crippen LogP contribution in [-0.2, 0) is 0 Å². The van der Waals surface area contributed by atoms with Gasteiger partial charge in [0.05, 0.1) is 17.5 Å². The number of hydrogen-bond acceptors (Lipinski definition) is 7. The highest BCUT2D eigenvalue weighted by Crippen LogP contribution is 2.35. The predicted octanol–water partition coefficient (Wildman–Crippen LogP) is 4.06. The third-order valence-corrected chi connectivity index (χ3v) is 6.50. The van der Waals surface area contributed by atoms with Crippen molar-refractivity contribution < 1.29 is 13.9 Å². The van der Waals surface area contributed by atoms with Gasteiger partial charge in [-0.1, -0.05) is 6.42 Å². The minimum Gasteiger partial charge on any atom is -0.507 e. The second-order valence-electron chi connectivity index (χ2n) is 8.60. The summed E-state index contributed by atoms with van der Waals surface area (Å²) in [7, 11) is 2.06. The van der Waals surface area contributed by atoms with Crippen LogP contribution in [0.4, 0.5) is 10.2 Å². The van der Waals surface area contributed by atoms with E-state index in [1.54, 1.807) is 13.0 Å². The van der Waals surface area contributed by atoms with Crippen LogP contribution in [0.5, 0.6) is 5.75 Å². The van der Waals surface area contributed by atoms with Gasteiger partial charge in [-0.2, -0.15) is 0 Å². The van der Waals surface area contributed by atoms with E-state index >= 15 is 0 Å². The topological polar surface area (TPSA) is 87.3 Å². The highest BCUT2D eigenvalue weighted by Gasteiger charge is 2.33. The SMILES string of the molecule is Cc1ncc(-c2cc(O)c(-c3ccc(N(C)[C@H]4C[C@H]5CCC[C@@H](C4)N5)nn3)cc2F)o1. The molecular weight excluding hydrogens is 397 g/mol. The molecule has 2 fully saturated rings. The molecule has 0 amide bonds. The van der Waals surface area contributed by atoms with Gasteiger partial charge in [-0.05, 0) is 49.9 Å². The lowest BCUT2D eigenvalue weighted by Crippen LogP contribution is -2.54. The van der Waals surface area contributed by atoms with E-state index in [1.807, 2.05) is 6.07 Å². The molecule has 2 N–H and O–H groups in total. The van der Waals surface area contributed by atoms with Crippen LogP contribution in [0.3, 0.4) is 0 Å². The fraction of sp³-hybridized carbons (Fsp3) is 0.435. The zero-order valence-electron chi connectivity index (χ0n) is 17.7. The summed E-state index contributed by atoms with van der Waals surface area (Å²) in [4.78, 5) is 6.17. The fourth-order valence-electron chi connectivity index (χ4n) is 4.84. The molecule has 0 unspecified atom stereocenters. The number of halogens is 1. The maximum absolute atomic E-state index is 14.7. The number of aryl methyl sites for hydroxylation is 1. The Morgan fingerprint density at radius 2 is 1.90 bits per heavy atom. The highest BCUT2D eigenvalue weighted by molar-refractivity contribution is 5.73. The van der Waals surface area contributed by atoms with E-state index in [9.17, 15) is 9.50 Å². The normalized spacial score (nSPS) is 23.0. The van der Waals surface area contributed by atoms with Crippen molar-refractivity contribution >= 4 is 5.82 Å². The van der Waals surface area contributed by atoms with Crippen molar-refractivity contribution in [1.82, 2.24) is 20.5 Å². The molecule has 2 aliphatic rings. The number of oxazole rings is 1. The number of rotatable bonds is 4. The van der Waals surface area contributed by atoms with Crippen LogP contribution in [0, 0.1) is 12.7 Å². The molecular formula is C23H26FN5O2. The molecule has 2 bridgehead atoms. The first-order chi connectivity index (χ1) is 15.0. The summed E-state index contributed by atoms with van der Waals surface area (Å²) >= 11 is 0. The van der Waals surface area contributed by atoms with Crippen LogP contribution in [-0.4, -0.2) is 45.5 Å². The number of nitrogens with zero attached hydrogens (tertiary/aromatic N) is 4. The highest BCUT2D eigenvalue weighted by atomic mass is 19.1. The summed E-state index contributed by atoms with van der Waals surface area (Å²) in [6, 6.07) is 7.83. The molecule has 2 saturated heterocycles. The third-order valence-electron chi connectivity index (χ3n) is 6.50. The smallest absolute Gasteiger partial charge is 0.191 e. The van der Waals surface area contributed by atoms with Crippen LogP contribution in [0.25, 0.3) is 22.6 Å². The zero-order valence-corrected chi connectivity index (χ0v) is 17.7. The van der Waals surface area contributed by atoms with Gasteiger partial charge in [-0.15, -0.1) is 10.2 Å². The second kappa shape index (κ2) is 7.92. The largest absolute Gasteiger partial charge is 0.507 e. The number of benzene rings is 1. The van der Waals surface area contributed by atoms with E-state index in [0.717, 1.165) is 18.7 Å². The summed E-state index contributed by atoms with van der Waals surface area (Å²) in [6.45, 7) is 1.68. The van der Waals surface area contributed by atoms with E-state index in [4.69, 9.17) is 4.42 Å². The Morgan fingerprint density at radius 1 is 1.13 bits per heavy atom. The summed E-state index contributed by atoms with van der Waals surface area (Å²) in [5, 5.41) is 22.9. The molecule has 2 aliphatic heterocycles. The molecule has 3 atom stereocenters. The number of phenolic OH excluding ortho intramolecular Hbond substituents is 1. The lowest BCUT2D eigenvalue weighted by atomic mass is 9.83. The molecule has 0 spiro atoms. The van der Waals surface area contributed by atoms with E-state index in [0.29, 0.717) is 29.7 Å². The molecule has 0 radical (unpaired) electrons. The molecule has 5 rings (SSSR count). The van der Waals surface area contributed by atoms with Crippen molar-refractivity contribution in [3.05, 3.63) is 42.2 Å². The van der Waals surface area contributed by atoms with Gasteiger partial charge >= 0.3 is 0 Å². The molecule has 1 aromatic carbocycles. The van der Waals surface area contributed by atoms with Crippen LogP contribution in [0.1, 0.15) is 38.0 Å². The van der Waals surface area contributed by atoms with Gasteiger partial charge in [0.25, 0.3) is 0 Å². The average molecular weight is 423 g/mol. The number of phenols is 1. The number of piperidine rings is 2. The molecule has 31 heavy (non-hydrogen) atoms. The van der Waals surface area contributed by atoms with Crippen LogP contribution in [0.2, 0.25) is 0 Å². The lowest BCUT2D eigenvalue weighted by molar-refractivity contribution is 0.219. The van der Waals surface area contributed by atoms with Gasteiger partial charge in [-0.3, -0.25) is 0 Å². The van der Waals surface area contributed by atoms with Crippen LogP contribution >= 0.6 is 0 Å². The van der Waals surface area contributed by atoms with E-state index in [-0.39, 0.29) is 22.6 Å². The Balaban J connectivity index is 1.37. The quantitative estimate of drug-likeness (QED) is 0.654. The molecule has 162 valence electrons. The molecule has 0 aliphatic carbocycles. The van der Waals surface area contributed by atoms with Gasteiger partial charge < -0.3 is 19.7 Å². The standard InChI is InChI=1S/C23H26FN5O2/c1-13-25-12-22(31-13)17-11-21(30)18(10-19(17)24)20-6-7-23(28-27-20)29(2)16-8-14-4-3-5-15(9-16)26-14/h6-7,10-12,14-16,26,30H,3-5,8-9H2,1-2H3/t14-,15+,16+. The molecule has 7 nitrogen and oxygen atoms in total. The lowest BCUT2D eigenvalue weighted by Gasteiger charge is -2.43. The molecule has 3 aromatic rings. The van der Waals surface area contributed by atoms with Crippen molar-refractivity contribution in [3.63, 3.8) is 0 Å². The number of nitrogens with one attached hydrogen (secondary N) is 1. The van der Waals surface area contributed by atoms with Gasteiger partial charge in [0, 0.05) is 37.7 Å². The third kappa shape index (κ3) is 3.87. The molecule has 8 heteroatoms. The number of aromatic hydroxyl groups is 1. The number of fused-ring (bicyclic) bond motifs is 2. The van der Waals surface area contributed by atoms with Crippen molar-refractivity contribution in [2.75, 3.05) is 11.9 Å². The molecule has 0 saturated carbocycles.